The number of nitrogens with one attached hydrogen (secondary N) is 2. The lowest BCUT2D eigenvalue weighted by Crippen LogP contribution is -2.11. The summed E-state index contributed by atoms with van der Waals surface area (Å²) in [6.45, 7) is 2.94. The molecular weight excluding hydrogens is 330 g/mol. The second-order valence-corrected chi connectivity index (χ2v) is 5.98. The molecule has 7 nitrogen and oxygen atoms in total. The van der Waals surface area contributed by atoms with Crippen LogP contribution in [-0.2, 0) is 6.54 Å². The van der Waals surface area contributed by atoms with Crippen molar-refractivity contribution in [3.8, 4) is 11.5 Å². The number of nitrogens with zero attached hydrogens (tertiary/aromatic N) is 3. The predicted octanol–water partition coefficient (Wildman–Crippen LogP) is 3.39. The summed E-state index contributed by atoms with van der Waals surface area (Å²) in [4.78, 5) is 4.47. The van der Waals surface area contributed by atoms with Crippen molar-refractivity contribution in [2.24, 2.45) is 0 Å². The van der Waals surface area contributed by atoms with Gasteiger partial charge in [0.25, 0.3) is 0 Å². The second-order valence-electron chi connectivity index (χ2n) is 5.98. The number of aromatic nitrogens is 3. The molecule has 1 aliphatic rings. The summed E-state index contributed by atoms with van der Waals surface area (Å²) in [5.74, 6) is 2.68. The quantitative estimate of drug-likeness (QED) is 0.706. The van der Waals surface area contributed by atoms with E-state index in [0.717, 1.165) is 22.6 Å². The highest BCUT2D eigenvalue weighted by molar-refractivity contribution is 5.46. The van der Waals surface area contributed by atoms with Crippen LogP contribution in [0.4, 0.5) is 11.8 Å². The fraction of sp³-hybridized carbons (Fsp3) is 0.211. The lowest BCUT2D eigenvalue weighted by Gasteiger charge is -2.14. The van der Waals surface area contributed by atoms with Crippen molar-refractivity contribution in [1.29, 1.82) is 0 Å². The Bertz CT molecular complexity index is 888. The van der Waals surface area contributed by atoms with Gasteiger partial charge in [-0.3, -0.25) is 0 Å². The van der Waals surface area contributed by atoms with Crippen LogP contribution in [0.15, 0.2) is 54.7 Å². The summed E-state index contributed by atoms with van der Waals surface area (Å²) in [6.07, 6.45) is 1.60. The smallest absolute Gasteiger partial charge is 0.245 e. The van der Waals surface area contributed by atoms with Crippen LogP contribution in [0.2, 0.25) is 0 Å². The SMILES string of the molecule is CC(Nc1nncc(NCc2ccc3c(c2)OCO3)n1)c1ccccc1. The molecule has 1 aromatic heterocycles. The van der Waals surface area contributed by atoms with Crippen molar-refractivity contribution in [3.63, 3.8) is 0 Å². The summed E-state index contributed by atoms with van der Waals surface area (Å²) >= 11 is 0. The summed E-state index contributed by atoms with van der Waals surface area (Å²) in [6, 6.07) is 16.1. The Labute approximate surface area is 151 Å². The molecule has 2 aromatic carbocycles. The first-order chi connectivity index (χ1) is 12.8. The minimum absolute atomic E-state index is 0.0853. The third-order valence-corrected chi connectivity index (χ3v) is 4.11. The maximum atomic E-state index is 5.40. The monoisotopic (exact) mass is 349 g/mol. The van der Waals surface area contributed by atoms with Crippen molar-refractivity contribution < 1.29 is 9.47 Å². The zero-order valence-electron chi connectivity index (χ0n) is 14.3. The van der Waals surface area contributed by atoms with E-state index in [4.69, 9.17) is 9.47 Å². The third kappa shape index (κ3) is 3.66. The molecule has 0 radical (unpaired) electrons. The summed E-state index contributed by atoms with van der Waals surface area (Å²) < 4.78 is 10.7. The zero-order valence-corrected chi connectivity index (χ0v) is 14.3. The van der Waals surface area contributed by atoms with Gasteiger partial charge in [-0.05, 0) is 30.2 Å². The third-order valence-electron chi connectivity index (χ3n) is 4.11. The first kappa shape index (κ1) is 16.1. The number of rotatable bonds is 6. The second kappa shape index (κ2) is 7.26. The van der Waals surface area contributed by atoms with E-state index >= 15 is 0 Å². The number of benzene rings is 2. The van der Waals surface area contributed by atoms with Gasteiger partial charge in [-0.2, -0.15) is 10.1 Å². The normalized spacial score (nSPS) is 13.3. The summed E-state index contributed by atoms with van der Waals surface area (Å²) in [7, 11) is 0. The van der Waals surface area contributed by atoms with Crippen molar-refractivity contribution >= 4 is 11.8 Å². The van der Waals surface area contributed by atoms with Gasteiger partial charge < -0.3 is 20.1 Å². The molecule has 4 rings (SSSR count). The first-order valence-corrected chi connectivity index (χ1v) is 8.41. The molecule has 1 atom stereocenters. The molecule has 0 aliphatic carbocycles. The fourth-order valence-electron chi connectivity index (χ4n) is 2.71. The highest BCUT2D eigenvalue weighted by Crippen LogP contribution is 2.32. The number of ether oxygens (including phenoxy) is 2. The molecule has 0 saturated heterocycles. The van der Waals surface area contributed by atoms with E-state index < -0.39 is 0 Å². The van der Waals surface area contributed by atoms with Gasteiger partial charge >= 0.3 is 0 Å². The van der Waals surface area contributed by atoms with Crippen molar-refractivity contribution in [2.45, 2.75) is 19.5 Å². The van der Waals surface area contributed by atoms with E-state index in [1.54, 1.807) is 6.20 Å². The number of fused-ring (bicyclic) bond motifs is 1. The number of hydrogen-bond acceptors (Lipinski definition) is 7. The van der Waals surface area contributed by atoms with Crippen molar-refractivity contribution in [2.75, 3.05) is 17.4 Å². The van der Waals surface area contributed by atoms with Gasteiger partial charge in [0.2, 0.25) is 12.7 Å². The van der Waals surface area contributed by atoms with Gasteiger partial charge in [-0.25, -0.2) is 0 Å². The molecule has 26 heavy (non-hydrogen) atoms. The van der Waals surface area contributed by atoms with Gasteiger partial charge in [0.1, 0.15) is 0 Å². The van der Waals surface area contributed by atoms with Crippen LogP contribution in [0, 0.1) is 0 Å². The standard InChI is InChI=1S/C19H19N5O2/c1-13(15-5-3-2-4-6-15)22-19-23-18(11-21-24-19)20-10-14-7-8-16-17(9-14)26-12-25-16/h2-9,11,13H,10,12H2,1H3,(H2,20,22,23,24). The largest absolute Gasteiger partial charge is 0.454 e. The van der Waals surface area contributed by atoms with Crippen LogP contribution in [0.25, 0.3) is 0 Å². The molecule has 0 bridgehead atoms. The van der Waals surface area contributed by atoms with Crippen LogP contribution < -0.4 is 20.1 Å². The maximum absolute atomic E-state index is 5.40. The molecule has 0 saturated carbocycles. The van der Waals surface area contributed by atoms with E-state index in [-0.39, 0.29) is 12.8 Å². The minimum Gasteiger partial charge on any atom is -0.454 e. The van der Waals surface area contributed by atoms with Crippen LogP contribution in [0.1, 0.15) is 24.1 Å². The predicted molar refractivity (Wildman–Crippen MR) is 98.2 cm³/mol. The van der Waals surface area contributed by atoms with E-state index in [0.29, 0.717) is 18.3 Å². The van der Waals surface area contributed by atoms with E-state index in [1.807, 2.05) is 36.4 Å². The summed E-state index contributed by atoms with van der Waals surface area (Å²) in [5.41, 5.74) is 2.23. The van der Waals surface area contributed by atoms with Crippen molar-refractivity contribution in [1.82, 2.24) is 15.2 Å². The molecule has 0 spiro atoms. The van der Waals surface area contributed by atoms with Gasteiger partial charge in [-0.1, -0.05) is 36.4 Å². The molecule has 0 amide bonds. The average Bonchev–Trinajstić information content (AvgIpc) is 3.15. The molecule has 132 valence electrons. The first-order valence-electron chi connectivity index (χ1n) is 8.41. The van der Waals surface area contributed by atoms with Gasteiger partial charge in [0.05, 0.1) is 12.2 Å². The summed E-state index contributed by atoms with van der Waals surface area (Å²) in [5, 5.41) is 14.6. The molecule has 2 N–H and O–H groups in total. The molecule has 1 unspecified atom stereocenters. The Balaban J connectivity index is 1.39. The highest BCUT2D eigenvalue weighted by Gasteiger charge is 2.13. The van der Waals surface area contributed by atoms with E-state index in [9.17, 15) is 0 Å². The molecule has 7 heteroatoms. The molecular formula is C19H19N5O2. The van der Waals surface area contributed by atoms with E-state index in [1.165, 1.54) is 0 Å². The Morgan fingerprint density at radius 2 is 1.92 bits per heavy atom. The van der Waals surface area contributed by atoms with E-state index in [2.05, 4.69) is 44.9 Å². The fourth-order valence-corrected chi connectivity index (χ4v) is 2.71. The Kier molecular flexibility index (Phi) is 4.51. The highest BCUT2D eigenvalue weighted by atomic mass is 16.7. The lowest BCUT2D eigenvalue weighted by molar-refractivity contribution is 0.174. The maximum Gasteiger partial charge on any atom is 0.245 e. The zero-order chi connectivity index (χ0) is 17.8. The molecule has 2 heterocycles. The molecule has 3 aromatic rings. The lowest BCUT2D eigenvalue weighted by atomic mass is 10.1. The Morgan fingerprint density at radius 3 is 2.81 bits per heavy atom. The van der Waals surface area contributed by atoms with Gasteiger partial charge in [-0.15, -0.1) is 5.10 Å². The van der Waals surface area contributed by atoms with Crippen LogP contribution in [-0.4, -0.2) is 22.0 Å². The van der Waals surface area contributed by atoms with Crippen molar-refractivity contribution in [3.05, 3.63) is 65.9 Å². The van der Waals surface area contributed by atoms with Gasteiger partial charge in [0, 0.05) is 6.54 Å². The number of hydrogen-bond donors (Lipinski definition) is 2. The Hall–Kier alpha value is -3.35. The van der Waals surface area contributed by atoms with Crippen LogP contribution >= 0.6 is 0 Å². The minimum atomic E-state index is 0.0853. The van der Waals surface area contributed by atoms with Crippen LogP contribution in [0.5, 0.6) is 11.5 Å². The number of anilines is 2. The molecule has 0 fully saturated rings. The topological polar surface area (TPSA) is 81.2 Å². The average molecular weight is 349 g/mol. The molecule has 1 aliphatic heterocycles. The van der Waals surface area contributed by atoms with Crippen LogP contribution in [0.3, 0.4) is 0 Å². The Morgan fingerprint density at radius 1 is 1.08 bits per heavy atom. The van der Waals surface area contributed by atoms with Gasteiger partial charge in [0.15, 0.2) is 17.3 Å².